The van der Waals surface area contributed by atoms with Crippen molar-refractivity contribution in [2.45, 2.75) is 26.3 Å². The highest BCUT2D eigenvalue weighted by Crippen LogP contribution is 2.32. The smallest absolute Gasteiger partial charge is 0.243 e. The van der Waals surface area contributed by atoms with Gasteiger partial charge in [0.1, 0.15) is 22.4 Å². The molecule has 9 heteroatoms. The highest BCUT2D eigenvalue weighted by Gasteiger charge is 2.30. The van der Waals surface area contributed by atoms with Crippen LogP contribution in [0.25, 0.3) is 0 Å². The van der Waals surface area contributed by atoms with E-state index in [9.17, 15) is 0 Å². The van der Waals surface area contributed by atoms with Crippen molar-refractivity contribution in [2.24, 2.45) is 16.1 Å². The number of aromatic nitrogens is 3. The first-order chi connectivity index (χ1) is 13.0. The highest BCUT2D eigenvalue weighted by molar-refractivity contribution is 6.34. The maximum Gasteiger partial charge on any atom is 0.243 e. The van der Waals surface area contributed by atoms with Crippen LogP contribution in [0.4, 0.5) is 11.6 Å². The number of rotatable bonds is 3. The summed E-state index contributed by atoms with van der Waals surface area (Å²) in [5, 5.41) is 0.259. The number of aliphatic imine (C=N–C) groups is 1. The number of hydrogen-bond acceptors (Lipinski definition) is 8. The molecule has 0 aliphatic carbocycles. The second-order valence-electron chi connectivity index (χ2n) is 7.26. The van der Waals surface area contributed by atoms with Crippen molar-refractivity contribution in [3.8, 4) is 5.75 Å². The lowest BCUT2D eigenvalue weighted by atomic mass is 9.80. The third-order valence-electron chi connectivity index (χ3n) is 5.28. The van der Waals surface area contributed by atoms with E-state index in [-0.39, 0.29) is 16.3 Å². The number of nitrogens with zero attached hydrogens (tertiary/aromatic N) is 5. The van der Waals surface area contributed by atoms with Gasteiger partial charge in [-0.15, -0.1) is 0 Å². The van der Waals surface area contributed by atoms with Gasteiger partial charge in [-0.25, -0.2) is 19.9 Å². The zero-order valence-corrected chi connectivity index (χ0v) is 15.9. The number of hydrogen-bond donors (Lipinski definition) is 2. The molecule has 2 aromatic heterocycles. The number of pyridine rings is 1. The van der Waals surface area contributed by atoms with Crippen LogP contribution in [0, 0.1) is 5.41 Å². The van der Waals surface area contributed by atoms with Crippen LogP contribution < -0.4 is 21.1 Å². The molecule has 142 valence electrons. The first kappa shape index (κ1) is 17.9. The van der Waals surface area contributed by atoms with Crippen molar-refractivity contribution in [2.75, 3.05) is 30.3 Å². The molecule has 0 saturated carbocycles. The van der Waals surface area contributed by atoms with Crippen LogP contribution in [-0.2, 0) is 6.54 Å². The topological polar surface area (TPSA) is 116 Å². The Morgan fingerprint density at radius 2 is 2.07 bits per heavy atom. The summed E-state index contributed by atoms with van der Waals surface area (Å²) in [4.78, 5) is 19.9. The van der Waals surface area contributed by atoms with Gasteiger partial charge in [0.15, 0.2) is 5.75 Å². The van der Waals surface area contributed by atoms with Gasteiger partial charge in [0.2, 0.25) is 5.90 Å². The van der Waals surface area contributed by atoms with Crippen LogP contribution in [0.2, 0.25) is 5.02 Å². The number of nitrogen functional groups attached to an aromatic ring is 1. The lowest BCUT2D eigenvalue weighted by Gasteiger charge is -2.39. The normalized spacial score (nSPS) is 18.2. The fraction of sp³-hybridized carbons (Fsp3) is 0.444. The molecule has 0 radical (unpaired) electrons. The van der Waals surface area contributed by atoms with E-state index in [1.165, 1.54) is 6.20 Å². The molecule has 2 aliphatic rings. The molecule has 4 rings (SSSR count). The Hall–Kier alpha value is -2.45. The Balaban J connectivity index is 1.50. The Labute approximate surface area is 162 Å². The van der Waals surface area contributed by atoms with Gasteiger partial charge in [0.05, 0.1) is 18.4 Å². The van der Waals surface area contributed by atoms with Crippen LogP contribution in [0.15, 0.2) is 23.5 Å². The van der Waals surface area contributed by atoms with Crippen molar-refractivity contribution in [3.63, 3.8) is 0 Å². The summed E-state index contributed by atoms with van der Waals surface area (Å²) in [6.45, 7) is 5.24. The Morgan fingerprint density at radius 1 is 1.30 bits per heavy atom. The van der Waals surface area contributed by atoms with E-state index in [0.29, 0.717) is 30.4 Å². The van der Waals surface area contributed by atoms with Crippen LogP contribution >= 0.6 is 11.6 Å². The van der Waals surface area contributed by atoms with Crippen molar-refractivity contribution < 1.29 is 4.74 Å². The predicted molar refractivity (Wildman–Crippen MR) is 105 cm³/mol. The van der Waals surface area contributed by atoms with Crippen LogP contribution in [0.1, 0.15) is 31.2 Å². The molecule has 2 aliphatic heterocycles. The summed E-state index contributed by atoms with van der Waals surface area (Å²) < 4.78 is 5.81. The summed E-state index contributed by atoms with van der Waals surface area (Å²) >= 11 is 6.14. The lowest BCUT2D eigenvalue weighted by Crippen LogP contribution is -2.42. The minimum absolute atomic E-state index is 0.212. The van der Waals surface area contributed by atoms with Gasteiger partial charge in [0.25, 0.3) is 0 Å². The molecule has 4 N–H and O–H groups in total. The van der Waals surface area contributed by atoms with E-state index in [0.717, 1.165) is 37.4 Å². The largest absolute Gasteiger partial charge is 0.435 e. The molecule has 1 fully saturated rings. The Kier molecular flexibility index (Phi) is 4.61. The molecular formula is C18H22ClN7O. The standard InChI is InChI=1S/C18H22ClN7O/c1-18(10-20)3-6-26(7-4-18)13-9-23-15-11(25-13)8-24-17(15)27-12-2-5-22-16(21)14(12)19/h2,5,9H,3-4,6-8,10,20H2,1H3,(H2,21,22). The van der Waals surface area contributed by atoms with E-state index in [1.54, 1.807) is 12.3 Å². The number of nitrogens with two attached hydrogens (primary N) is 2. The van der Waals surface area contributed by atoms with Gasteiger partial charge >= 0.3 is 0 Å². The number of halogens is 1. The Bertz CT molecular complexity index is 893. The number of anilines is 2. The monoisotopic (exact) mass is 387 g/mol. The quantitative estimate of drug-likeness (QED) is 0.827. The molecule has 1 saturated heterocycles. The molecule has 0 spiro atoms. The summed E-state index contributed by atoms with van der Waals surface area (Å²) in [5.74, 6) is 1.88. The summed E-state index contributed by atoms with van der Waals surface area (Å²) in [7, 11) is 0. The predicted octanol–water partition coefficient (Wildman–Crippen LogP) is 2.01. The minimum atomic E-state index is 0.212. The van der Waals surface area contributed by atoms with Crippen LogP contribution in [-0.4, -0.2) is 40.5 Å². The maximum atomic E-state index is 6.14. The molecule has 0 unspecified atom stereocenters. The van der Waals surface area contributed by atoms with Crippen molar-refractivity contribution in [1.82, 2.24) is 15.0 Å². The van der Waals surface area contributed by atoms with Crippen molar-refractivity contribution in [1.29, 1.82) is 0 Å². The van der Waals surface area contributed by atoms with E-state index >= 15 is 0 Å². The third-order valence-corrected chi connectivity index (χ3v) is 5.66. The van der Waals surface area contributed by atoms with Crippen molar-refractivity contribution in [3.05, 3.63) is 34.9 Å². The molecule has 4 heterocycles. The molecule has 0 bridgehead atoms. The number of ether oxygens (including phenoxy) is 1. The number of fused-ring (bicyclic) bond motifs is 1. The molecular weight excluding hydrogens is 366 g/mol. The van der Waals surface area contributed by atoms with Gasteiger partial charge in [-0.1, -0.05) is 18.5 Å². The van der Waals surface area contributed by atoms with Gasteiger partial charge < -0.3 is 21.1 Å². The second-order valence-corrected chi connectivity index (χ2v) is 7.64. The zero-order valence-electron chi connectivity index (χ0n) is 15.2. The molecule has 8 nitrogen and oxygen atoms in total. The fourth-order valence-electron chi connectivity index (χ4n) is 3.26. The van der Waals surface area contributed by atoms with Crippen LogP contribution in [0.5, 0.6) is 5.75 Å². The molecule has 0 amide bonds. The van der Waals surface area contributed by atoms with Gasteiger partial charge in [0, 0.05) is 25.4 Å². The van der Waals surface area contributed by atoms with Crippen molar-refractivity contribution >= 4 is 29.1 Å². The van der Waals surface area contributed by atoms with E-state index in [1.807, 2.05) is 0 Å². The maximum absolute atomic E-state index is 6.14. The van der Waals surface area contributed by atoms with E-state index < -0.39 is 0 Å². The molecule has 2 aromatic rings. The second kappa shape index (κ2) is 6.94. The average molecular weight is 388 g/mol. The molecule has 27 heavy (non-hydrogen) atoms. The summed E-state index contributed by atoms with van der Waals surface area (Å²) in [5.41, 5.74) is 13.3. The molecule has 0 atom stereocenters. The van der Waals surface area contributed by atoms with Gasteiger partial charge in [-0.05, 0) is 24.8 Å². The lowest BCUT2D eigenvalue weighted by molar-refractivity contribution is 0.258. The molecule has 0 aromatic carbocycles. The fourth-order valence-corrected chi connectivity index (χ4v) is 3.41. The minimum Gasteiger partial charge on any atom is -0.435 e. The average Bonchev–Trinajstić information content (AvgIpc) is 3.08. The first-order valence-electron chi connectivity index (χ1n) is 8.93. The third kappa shape index (κ3) is 3.42. The Morgan fingerprint density at radius 3 is 2.81 bits per heavy atom. The van der Waals surface area contributed by atoms with E-state index in [4.69, 9.17) is 32.8 Å². The number of piperidine rings is 1. The summed E-state index contributed by atoms with van der Waals surface area (Å²) in [6, 6.07) is 1.64. The van der Waals surface area contributed by atoms with Gasteiger partial charge in [-0.2, -0.15) is 0 Å². The zero-order chi connectivity index (χ0) is 19.0. The van der Waals surface area contributed by atoms with Gasteiger partial charge in [-0.3, -0.25) is 0 Å². The first-order valence-corrected chi connectivity index (χ1v) is 9.30. The SMILES string of the molecule is CC1(CN)CCN(c2cnc3c(n2)CN=C3Oc2ccnc(N)c2Cl)CC1. The summed E-state index contributed by atoms with van der Waals surface area (Å²) in [6.07, 6.45) is 5.41. The van der Waals surface area contributed by atoms with E-state index in [2.05, 4.69) is 26.8 Å². The highest BCUT2D eigenvalue weighted by atomic mass is 35.5. The van der Waals surface area contributed by atoms with Crippen LogP contribution in [0.3, 0.4) is 0 Å².